The van der Waals surface area contributed by atoms with E-state index in [-0.39, 0.29) is 5.56 Å². The lowest BCUT2D eigenvalue weighted by Crippen LogP contribution is -2.24. The topological polar surface area (TPSA) is 47.8 Å². The Bertz CT molecular complexity index is 1110. The minimum absolute atomic E-state index is 0.134. The summed E-state index contributed by atoms with van der Waals surface area (Å²) < 4.78 is 2.46. The van der Waals surface area contributed by atoms with Gasteiger partial charge in [0.2, 0.25) is 0 Å². The quantitative estimate of drug-likeness (QED) is 0.523. The normalized spacial score (nSPS) is 10.9. The number of fused-ring (bicyclic) bond motifs is 1. The first-order valence-corrected chi connectivity index (χ1v) is 8.67. The molecule has 0 N–H and O–H groups in total. The molecule has 0 fully saturated rings. The molecule has 0 amide bonds. The Kier molecular flexibility index (Phi) is 4.15. The third kappa shape index (κ3) is 3.10. The van der Waals surface area contributed by atoms with E-state index in [1.165, 1.54) is 4.68 Å². The average Bonchev–Trinajstić information content (AvgIpc) is 2.65. The molecule has 0 unspecified atom stereocenters. The van der Waals surface area contributed by atoms with Crippen LogP contribution in [-0.4, -0.2) is 14.8 Å². The van der Waals surface area contributed by atoms with Gasteiger partial charge in [0.25, 0.3) is 5.56 Å². The molecule has 0 bridgehead atoms. The fraction of sp³-hybridized carbons (Fsp3) is 0.0500. The zero-order valence-corrected chi connectivity index (χ0v) is 14.8. The van der Waals surface area contributed by atoms with Crippen molar-refractivity contribution in [2.45, 2.75) is 6.54 Å². The Morgan fingerprint density at radius 1 is 0.960 bits per heavy atom. The standard InChI is InChI=1S/C20H14BrN3O/c21-16-9-4-8-15(12-16)18-19-17(10-5-11-22-19)20(25)24(23-18)13-14-6-2-1-3-7-14/h1-12H,13H2. The fourth-order valence-corrected chi connectivity index (χ4v) is 3.21. The summed E-state index contributed by atoms with van der Waals surface area (Å²) in [6.45, 7) is 0.422. The van der Waals surface area contributed by atoms with Crippen LogP contribution in [0, 0.1) is 0 Å². The summed E-state index contributed by atoms with van der Waals surface area (Å²) in [5.74, 6) is 0. The van der Waals surface area contributed by atoms with E-state index in [1.807, 2.05) is 54.6 Å². The molecule has 122 valence electrons. The molecule has 0 atom stereocenters. The molecule has 0 aliphatic carbocycles. The zero-order chi connectivity index (χ0) is 17.2. The molecule has 0 spiro atoms. The van der Waals surface area contributed by atoms with Gasteiger partial charge >= 0.3 is 0 Å². The summed E-state index contributed by atoms with van der Waals surface area (Å²) >= 11 is 3.49. The number of halogens is 1. The molecule has 0 aliphatic heterocycles. The average molecular weight is 392 g/mol. The van der Waals surface area contributed by atoms with Gasteiger partial charge in [0, 0.05) is 16.2 Å². The predicted octanol–water partition coefficient (Wildman–Crippen LogP) is 4.27. The first-order chi connectivity index (χ1) is 12.2. The number of rotatable bonds is 3. The number of aromatic nitrogens is 3. The number of pyridine rings is 1. The van der Waals surface area contributed by atoms with Crippen molar-refractivity contribution < 1.29 is 0 Å². The number of nitrogens with zero attached hydrogens (tertiary/aromatic N) is 3. The number of hydrogen-bond acceptors (Lipinski definition) is 3. The molecule has 2 aromatic carbocycles. The minimum Gasteiger partial charge on any atom is -0.267 e. The van der Waals surface area contributed by atoms with Crippen molar-refractivity contribution in [3.63, 3.8) is 0 Å². The van der Waals surface area contributed by atoms with E-state index < -0.39 is 0 Å². The van der Waals surface area contributed by atoms with Gasteiger partial charge in [0.15, 0.2) is 0 Å². The first-order valence-electron chi connectivity index (χ1n) is 7.88. The molecule has 2 heterocycles. The van der Waals surface area contributed by atoms with Crippen LogP contribution >= 0.6 is 15.9 Å². The van der Waals surface area contributed by atoms with Crippen molar-refractivity contribution in [2.75, 3.05) is 0 Å². The Labute approximate surface area is 152 Å². The summed E-state index contributed by atoms with van der Waals surface area (Å²) in [6, 6.07) is 21.3. The van der Waals surface area contributed by atoms with Crippen LogP contribution in [0.1, 0.15) is 5.56 Å². The largest absolute Gasteiger partial charge is 0.276 e. The van der Waals surface area contributed by atoms with Crippen molar-refractivity contribution in [3.8, 4) is 11.3 Å². The van der Waals surface area contributed by atoms with E-state index in [0.717, 1.165) is 15.6 Å². The highest BCUT2D eigenvalue weighted by Crippen LogP contribution is 2.25. The zero-order valence-electron chi connectivity index (χ0n) is 13.3. The van der Waals surface area contributed by atoms with Gasteiger partial charge in [-0.3, -0.25) is 9.78 Å². The highest BCUT2D eigenvalue weighted by molar-refractivity contribution is 9.10. The van der Waals surface area contributed by atoms with E-state index in [0.29, 0.717) is 23.1 Å². The van der Waals surface area contributed by atoms with E-state index in [2.05, 4.69) is 26.0 Å². The lowest BCUT2D eigenvalue weighted by Gasteiger charge is -2.11. The van der Waals surface area contributed by atoms with Crippen molar-refractivity contribution in [3.05, 3.63) is 93.3 Å². The van der Waals surface area contributed by atoms with Gasteiger partial charge in [0.05, 0.1) is 11.9 Å². The Balaban J connectivity index is 1.96. The second-order valence-corrected chi connectivity index (χ2v) is 6.62. The van der Waals surface area contributed by atoms with Crippen LogP contribution < -0.4 is 5.56 Å². The summed E-state index contributed by atoms with van der Waals surface area (Å²) in [5, 5.41) is 5.20. The summed E-state index contributed by atoms with van der Waals surface area (Å²) in [6.07, 6.45) is 1.69. The van der Waals surface area contributed by atoms with Gasteiger partial charge in [-0.25, -0.2) is 4.68 Å². The minimum atomic E-state index is -0.134. The first kappa shape index (κ1) is 15.7. The Morgan fingerprint density at radius 3 is 2.60 bits per heavy atom. The van der Waals surface area contributed by atoms with E-state index in [4.69, 9.17) is 0 Å². The Hall–Kier alpha value is -2.79. The van der Waals surface area contributed by atoms with Crippen molar-refractivity contribution in [2.24, 2.45) is 0 Å². The maximum Gasteiger partial charge on any atom is 0.276 e. The highest BCUT2D eigenvalue weighted by atomic mass is 79.9. The van der Waals surface area contributed by atoms with Crippen LogP contribution in [0.15, 0.2) is 82.2 Å². The van der Waals surface area contributed by atoms with Gasteiger partial charge in [-0.05, 0) is 29.8 Å². The van der Waals surface area contributed by atoms with Crippen LogP contribution in [0.5, 0.6) is 0 Å². The van der Waals surface area contributed by atoms with Gasteiger partial charge in [-0.1, -0.05) is 58.4 Å². The molecular formula is C20H14BrN3O. The molecule has 25 heavy (non-hydrogen) atoms. The molecule has 4 rings (SSSR count). The van der Waals surface area contributed by atoms with Crippen molar-refractivity contribution in [1.29, 1.82) is 0 Å². The van der Waals surface area contributed by atoms with Gasteiger partial charge < -0.3 is 0 Å². The van der Waals surface area contributed by atoms with E-state index in [1.54, 1.807) is 18.3 Å². The molecule has 0 saturated carbocycles. The van der Waals surface area contributed by atoms with Gasteiger partial charge in [0.1, 0.15) is 11.2 Å². The molecule has 4 aromatic rings. The summed E-state index contributed by atoms with van der Waals surface area (Å²) in [7, 11) is 0. The molecule has 0 saturated heterocycles. The number of benzene rings is 2. The lowest BCUT2D eigenvalue weighted by atomic mass is 10.1. The SMILES string of the molecule is O=c1c2cccnc2c(-c2cccc(Br)c2)nn1Cc1ccccc1. The Morgan fingerprint density at radius 2 is 1.80 bits per heavy atom. The van der Waals surface area contributed by atoms with Crippen LogP contribution in [0.3, 0.4) is 0 Å². The van der Waals surface area contributed by atoms with Crippen molar-refractivity contribution >= 4 is 26.8 Å². The van der Waals surface area contributed by atoms with Gasteiger partial charge in [-0.2, -0.15) is 5.10 Å². The maximum absolute atomic E-state index is 12.8. The second kappa shape index (κ2) is 6.61. The lowest BCUT2D eigenvalue weighted by molar-refractivity contribution is 0.650. The van der Waals surface area contributed by atoms with Crippen LogP contribution in [0.2, 0.25) is 0 Å². The summed E-state index contributed by atoms with van der Waals surface area (Å²) in [5.41, 5.74) is 3.13. The third-order valence-electron chi connectivity index (χ3n) is 3.99. The van der Waals surface area contributed by atoms with Crippen LogP contribution in [-0.2, 0) is 6.54 Å². The smallest absolute Gasteiger partial charge is 0.267 e. The van der Waals surface area contributed by atoms with Gasteiger partial charge in [-0.15, -0.1) is 0 Å². The molecule has 0 radical (unpaired) electrons. The third-order valence-corrected chi connectivity index (χ3v) is 4.48. The predicted molar refractivity (Wildman–Crippen MR) is 102 cm³/mol. The highest BCUT2D eigenvalue weighted by Gasteiger charge is 2.13. The molecule has 4 nitrogen and oxygen atoms in total. The van der Waals surface area contributed by atoms with Crippen LogP contribution in [0.25, 0.3) is 22.2 Å². The van der Waals surface area contributed by atoms with E-state index >= 15 is 0 Å². The molecule has 2 aromatic heterocycles. The monoisotopic (exact) mass is 391 g/mol. The summed E-state index contributed by atoms with van der Waals surface area (Å²) in [4.78, 5) is 17.2. The van der Waals surface area contributed by atoms with E-state index in [9.17, 15) is 4.79 Å². The number of hydrogen-bond donors (Lipinski definition) is 0. The fourth-order valence-electron chi connectivity index (χ4n) is 2.81. The van der Waals surface area contributed by atoms with Crippen LogP contribution in [0.4, 0.5) is 0 Å². The molecule has 5 heteroatoms. The van der Waals surface area contributed by atoms with Crippen molar-refractivity contribution in [1.82, 2.24) is 14.8 Å². The molecular weight excluding hydrogens is 378 g/mol. The molecule has 0 aliphatic rings. The maximum atomic E-state index is 12.8. The second-order valence-electron chi connectivity index (χ2n) is 5.71.